The minimum absolute atomic E-state index is 0.431. The Morgan fingerprint density at radius 1 is 0.857 bits per heavy atom. The minimum Gasteiger partial charge on any atom is -0.507 e. The van der Waals surface area contributed by atoms with Gasteiger partial charge in [-0.05, 0) is 41.8 Å². The molecule has 3 rings (SSSR count). The lowest BCUT2D eigenvalue weighted by Gasteiger charge is -2.12. The zero-order valence-corrected chi connectivity index (χ0v) is 12.6. The van der Waals surface area contributed by atoms with Crippen LogP contribution in [-0.4, -0.2) is 5.11 Å². The van der Waals surface area contributed by atoms with Gasteiger partial charge in [0.05, 0.1) is 0 Å². The van der Waals surface area contributed by atoms with Crippen LogP contribution in [-0.2, 0) is 12.8 Å². The molecule has 0 radical (unpaired) electrons. The number of hydrogen-bond acceptors (Lipinski definition) is 1. The highest BCUT2D eigenvalue weighted by Gasteiger charge is 2.10. The number of aromatic hydroxyl groups is 1. The second-order valence-electron chi connectivity index (χ2n) is 5.60. The molecule has 1 nitrogen and oxygen atoms in total. The van der Waals surface area contributed by atoms with E-state index in [2.05, 4.69) is 50.2 Å². The molecule has 3 aromatic carbocycles. The van der Waals surface area contributed by atoms with Crippen molar-refractivity contribution in [3.8, 4) is 5.75 Å². The molecule has 0 aromatic heterocycles. The van der Waals surface area contributed by atoms with Crippen molar-refractivity contribution in [3.05, 3.63) is 76.9 Å². The van der Waals surface area contributed by atoms with Crippen LogP contribution in [0.25, 0.3) is 10.8 Å². The van der Waals surface area contributed by atoms with Crippen molar-refractivity contribution in [2.45, 2.75) is 26.7 Å². The van der Waals surface area contributed by atoms with Gasteiger partial charge in [0, 0.05) is 5.39 Å². The van der Waals surface area contributed by atoms with Crippen molar-refractivity contribution < 1.29 is 5.11 Å². The summed E-state index contributed by atoms with van der Waals surface area (Å²) in [7, 11) is 0. The average molecular weight is 276 g/mol. The van der Waals surface area contributed by atoms with Gasteiger partial charge in [-0.25, -0.2) is 0 Å². The van der Waals surface area contributed by atoms with Crippen LogP contribution in [0.5, 0.6) is 5.75 Å². The van der Waals surface area contributed by atoms with Gasteiger partial charge in [0.2, 0.25) is 0 Å². The van der Waals surface area contributed by atoms with Crippen LogP contribution in [0.2, 0.25) is 0 Å². The van der Waals surface area contributed by atoms with E-state index < -0.39 is 0 Å². The van der Waals surface area contributed by atoms with E-state index >= 15 is 0 Å². The van der Waals surface area contributed by atoms with E-state index in [0.29, 0.717) is 5.75 Å². The number of phenolic OH excluding ortho intramolecular Hbond substituents is 1. The number of rotatable bonds is 3. The second-order valence-corrected chi connectivity index (χ2v) is 5.60. The fraction of sp³-hybridized carbons (Fsp3) is 0.200. The van der Waals surface area contributed by atoms with Crippen LogP contribution in [0.3, 0.4) is 0 Å². The van der Waals surface area contributed by atoms with Gasteiger partial charge < -0.3 is 5.11 Å². The van der Waals surface area contributed by atoms with Gasteiger partial charge >= 0.3 is 0 Å². The number of fused-ring (bicyclic) bond motifs is 1. The maximum Gasteiger partial charge on any atom is 0.126 e. The topological polar surface area (TPSA) is 20.2 Å². The maximum absolute atomic E-state index is 10.4. The Morgan fingerprint density at radius 2 is 1.52 bits per heavy atom. The van der Waals surface area contributed by atoms with Gasteiger partial charge in [0.25, 0.3) is 0 Å². The van der Waals surface area contributed by atoms with Gasteiger partial charge in [-0.3, -0.25) is 0 Å². The largest absolute Gasteiger partial charge is 0.507 e. The van der Waals surface area contributed by atoms with Gasteiger partial charge in [-0.1, -0.05) is 67.1 Å². The van der Waals surface area contributed by atoms with Crippen LogP contribution in [0.15, 0.2) is 54.6 Å². The summed E-state index contributed by atoms with van der Waals surface area (Å²) in [6, 6.07) is 18.9. The van der Waals surface area contributed by atoms with Crippen molar-refractivity contribution in [1.82, 2.24) is 0 Å². The van der Waals surface area contributed by atoms with Crippen LogP contribution in [0.4, 0.5) is 0 Å². The van der Waals surface area contributed by atoms with Crippen LogP contribution in [0.1, 0.15) is 29.2 Å². The zero-order valence-electron chi connectivity index (χ0n) is 12.6. The summed E-state index contributed by atoms with van der Waals surface area (Å²) in [5.74, 6) is 0.431. The molecule has 1 heteroatoms. The first kappa shape index (κ1) is 13.7. The first-order valence-corrected chi connectivity index (χ1v) is 7.47. The van der Waals surface area contributed by atoms with E-state index in [-0.39, 0.29) is 0 Å². The van der Waals surface area contributed by atoms with Crippen molar-refractivity contribution in [1.29, 1.82) is 0 Å². The fourth-order valence-electron chi connectivity index (χ4n) is 2.84. The Balaban J connectivity index is 2.13. The Bertz CT molecular complexity index is 770. The summed E-state index contributed by atoms with van der Waals surface area (Å²) in [4.78, 5) is 0. The normalized spacial score (nSPS) is 11.0. The molecule has 106 valence electrons. The van der Waals surface area contributed by atoms with Gasteiger partial charge in [-0.2, -0.15) is 0 Å². The molecule has 0 bridgehead atoms. The molecule has 0 atom stereocenters. The van der Waals surface area contributed by atoms with Crippen molar-refractivity contribution >= 4 is 10.8 Å². The van der Waals surface area contributed by atoms with Gasteiger partial charge in [0.15, 0.2) is 0 Å². The van der Waals surface area contributed by atoms with E-state index in [9.17, 15) is 5.11 Å². The van der Waals surface area contributed by atoms with Crippen LogP contribution in [0, 0.1) is 6.92 Å². The molecule has 3 aromatic rings. The van der Waals surface area contributed by atoms with E-state index in [1.54, 1.807) is 0 Å². The summed E-state index contributed by atoms with van der Waals surface area (Å²) in [6.07, 6.45) is 1.74. The molecule has 0 heterocycles. The number of hydrogen-bond donors (Lipinski definition) is 1. The summed E-state index contributed by atoms with van der Waals surface area (Å²) in [5.41, 5.74) is 4.89. The number of aryl methyl sites for hydroxylation is 2. The molecule has 0 saturated carbocycles. The molecule has 0 aliphatic heterocycles. The summed E-state index contributed by atoms with van der Waals surface area (Å²) in [5, 5.41) is 12.5. The van der Waals surface area contributed by atoms with Gasteiger partial charge in [-0.15, -0.1) is 0 Å². The third kappa shape index (κ3) is 2.64. The van der Waals surface area contributed by atoms with Gasteiger partial charge in [0.1, 0.15) is 5.75 Å². The highest BCUT2D eigenvalue weighted by molar-refractivity contribution is 5.92. The number of benzene rings is 3. The van der Waals surface area contributed by atoms with E-state index in [1.807, 2.05) is 18.2 Å². The quantitative estimate of drug-likeness (QED) is 0.713. The standard InChI is InChI=1S/C20H20O/c1-3-16-13-17(12-15-10-8-14(2)9-11-15)18-6-4-5-7-19(18)20(16)21/h4-11,13,21H,3,12H2,1-2H3. The van der Waals surface area contributed by atoms with Crippen molar-refractivity contribution in [3.63, 3.8) is 0 Å². The summed E-state index contributed by atoms with van der Waals surface area (Å²) in [6.45, 7) is 4.19. The predicted molar refractivity (Wildman–Crippen MR) is 89.0 cm³/mol. The molecular weight excluding hydrogens is 256 g/mol. The molecule has 0 amide bonds. The third-order valence-corrected chi connectivity index (χ3v) is 4.08. The Labute approximate surface area is 125 Å². The van der Waals surface area contributed by atoms with Crippen molar-refractivity contribution in [2.24, 2.45) is 0 Å². The Hall–Kier alpha value is -2.28. The molecule has 0 aliphatic rings. The molecule has 1 N–H and O–H groups in total. The minimum atomic E-state index is 0.431. The molecule has 0 aliphatic carbocycles. The lowest BCUT2D eigenvalue weighted by molar-refractivity contribution is 0.475. The Kier molecular flexibility index (Phi) is 3.66. The van der Waals surface area contributed by atoms with E-state index in [1.165, 1.54) is 16.7 Å². The Morgan fingerprint density at radius 3 is 2.19 bits per heavy atom. The average Bonchev–Trinajstić information content (AvgIpc) is 2.52. The van der Waals surface area contributed by atoms with Crippen LogP contribution >= 0.6 is 0 Å². The molecule has 0 unspecified atom stereocenters. The maximum atomic E-state index is 10.4. The van der Waals surface area contributed by atoms with E-state index in [0.717, 1.165) is 29.2 Å². The zero-order chi connectivity index (χ0) is 14.8. The van der Waals surface area contributed by atoms with E-state index in [4.69, 9.17) is 0 Å². The first-order valence-electron chi connectivity index (χ1n) is 7.47. The predicted octanol–water partition coefficient (Wildman–Crippen LogP) is 5.01. The molecule has 0 saturated heterocycles. The lowest BCUT2D eigenvalue weighted by atomic mass is 9.94. The molecular formula is C20H20O. The first-order chi connectivity index (χ1) is 10.2. The van der Waals surface area contributed by atoms with Crippen LogP contribution < -0.4 is 0 Å². The lowest BCUT2D eigenvalue weighted by Crippen LogP contribution is -1.94. The monoisotopic (exact) mass is 276 g/mol. The number of phenols is 1. The summed E-state index contributed by atoms with van der Waals surface area (Å²) < 4.78 is 0. The fourth-order valence-corrected chi connectivity index (χ4v) is 2.84. The molecule has 0 fully saturated rings. The molecule has 21 heavy (non-hydrogen) atoms. The SMILES string of the molecule is CCc1cc(Cc2ccc(C)cc2)c2ccccc2c1O. The second kappa shape index (κ2) is 5.61. The highest BCUT2D eigenvalue weighted by atomic mass is 16.3. The third-order valence-electron chi connectivity index (χ3n) is 4.08. The summed E-state index contributed by atoms with van der Waals surface area (Å²) >= 11 is 0. The molecule has 0 spiro atoms. The van der Waals surface area contributed by atoms with Crippen molar-refractivity contribution in [2.75, 3.05) is 0 Å². The highest BCUT2D eigenvalue weighted by Crippen LogP contribution is 2.33. The smallest absolute Gasteiger partial charge is 0.126 e.